The summed E-state index contributed by atoms with van der Waals surface area (Å²) in [5, 5.41) is 6.25. The molecule has 33 heavy (non-hydrogen) atoms. The molecule has 0 saturated heterocycles. The normalized spacial score (nSPS) is 18.5. The molecule has 2 aromatic rings. The van der Waals surface area contributed by atoms with E-state index in [0.29, 0.717) is 16.5 Å². The Balaban J connectivity index is 2.07. The largest absolute Gasteiger partial charge is 0.444 e. The van der Waals surface area contributed by atoms with Crippen molar-refractivity contribution in [3.05, 3.63) is 68.7 Å². The molecule has 6 nitrogen and oxygen atoms in total. The molecule has 9 heteroatoms. The molecular weight excluding hydrogens is 483 g/mol. The highest BCUT2D eigenvalue weighted by Gasteiger charge is 2.35. The van der Waals surface area contributed by atoms with Crippen molar-refractivity contribution in [1.29, 1.82) is 0 Å². The van der Waals surface area contributed by atoms with Crippen LogP contribution < -0.4 is 5.14 Å². The number of benzene rings is 2. The van der Waals surface area contributed by atoms with Gasteiger partial charge in [0.15, 0.2) is 0 Å². The van der Waals surface area contributed by atoms with Crippen LogP contribution in [0.5, 0.6) is 0 Å². The first-order chi connectivity index (χ1) is 15.3. The maximum atomic E-state index is 12.9. The third-order valence-corrected chi connectivity index (χ3v) is 7.33. The van der Waals surface area contributed by atoms with Gasteiger partial charge in [-0.05, 0) is 74.4 Å². The molecule has 0 bridgehead atoms. The van der Waals surface area contributed by atoms with Crippen LogP contribution in [0.25, 0.3) is 0 Å². The van der Waals surface area contributed by atoms with Crippen molar-refractivity contribution in [2.75, 3.05) is 12.8 Å². The minimum atomic E-state index is -3.64. The molecule has 3 rings (SSSR count). The van der Waals surface area contributed by atoms with Crippen molar-refractivity contribution in [2.45, 2.75) is 57.6 Å². The molecule has 0 aromatic heterocycles. The zero-order chi connectivity index (χ0) is 24.6. The summed E-state index contributed by atoms with van der Waals surface area (Å²) in [5.41, 5.74) is 3.22. The van der Waals surface area contributed by atoms with Gasteiger partial charge in [-0.15, -0.1) is 0 Å². The molecule has 0 radical (unpaired) electrons. The van der Waals surface area contributed by atoms with Gasteiger partial charge in [0.1, 0.15) is 5.60 Å². The lowest BCUT2D eigenvalue weighted by atomic mass is 9.74. The molecule has 2 N–H and O–H groups in total. The summed E-state index contributed by atoms with van der Waals surface area (Å²) in [6.45, 7) is 5.47. The molecule has 0 unspecified atom stereocenters. The molecule has 0 saturated carbocycles. The SMILES string of the molecule is CN(C(=O)OC(C)(C)C)[C@H]1CC[C@@H](c2ccc(Cl)c(Cl)c2)c2cccc(CCS(N)(=O)=O)c21. The number of amides is 1. The number of carbonyl (C=O) groups is 1. The number of rotatable bonds is 5. The van der Waals surface area contributed by atoms with Gasteiger partial charge in [0.25, 0.3) is 0 Å². The molecule has 0 spiro atoms. The molecule has 1 aliphatic carbocycles. The molecular formula is C24H30Cl2N2O4S. The number of nitrogens with zero attached hydrogens (tertiary/aromatic N) is 1. The average molecular weight is 513 g/mol. The Labute approximate surface area is 206 Å². The van der Waals surface area contributed by atoms with E-state index in [4.69, 9.17) is 33.1 Å². The van der Waals surface area contributed by atoms with Crippen LogP contribution in [0.3, 0.4) is 0 Å². The fraction of sp³-hybridized carbons (Fsp3) is 0.458. The number of hydrogen-bond donors (Lipinski definition) is 1. The van der Waals surface area contributed by atoms with Gasteiger partial charge in [-0.25, -0.2) is 18.4 Å². The Morgan fingerprint density at radius 3 is 2.45 bits per heavy atom. The van der Waals surface area contributed by atoms with Crippen LogP contribution in [-0.4, -0.2) is 37.8 Å². The standard InChI is InChI=1S/C24H30Cl2N2O4S/c1-24(2,3)32-23(29)28(4)21-11-9-17(16-8-10-19(25)20(26)14-16)18-7-5-6-15(22(18)21)12-13-33(27,30)31/h5-8,10,14,17,21H,9,11-13H2,1-4H3,(H2,27,30,31)/t17-,21-/m0/s1. The van der Waals surface area contributed by atoms with E-state index in [1.807, 2.05) is 51.1 Å². The Kier molecular flexibility index (Phi) is 7.68. The fourth-order valence-electron chi connectivity index (χ4n) is 4.36. The van der Waals surface area contributed by atoms with E-state index in [9.17, 15) is 13.2 Å². The molecule has 0 heterocycles. The topological polar surface area (TPSA) is 89.7 Å². The lowest BCUT2D eigenvalue weighted by molar-refractivity contribution is 0.0202. The molecule has 0 aliphatic heterocycles. The highest BCUT2D eigenvalue weighted by Crippen LogP contribution is 2.46. The quantitative estimate of drug-likeness (QED) is 0.559. The first-order valence-corrected chi connectivity index (χ1v) is 13.3. The minimum absolute atomic E-state index is 0.0347. The van der Waals surface area contributed by atoms with Crippen molar-refractivity contribution in [3.8, 4) is 0 Å². The molecule has 2 aromatic carbocycles. The van der Waals surface area contributed by atoms with Crippen LogP contribution in [-0.2, 0) is 21.2 Å². The van der Waals surface area contributed by atoms with E-state index in [1.165, 1.54) is 0 Å². The molecule has 1 aliphatic rings. The fourth-order valence-corrected chi connectivity index (χ4v) is 5.17. The maximum absolute atomic E-state index is 12.9. The molecule has 180 valence electrons. The predicted molar refractivity (Wildman–Crippen MR) is 132 cm³/mol. The lowest BCUT2D eigenvalue weighted by Crippen LogP contribution is -2.38. The van der Waals surface area contributed by atoms with Crippen LogP contribution >= 0.6 is 23.2 Å². The maximum Gasteiger partial charge on any atom is 0.410 e. The van der Waals surface area contributed by atoms with Gasteiger partial charge in [0.2, 0.25) is 10.0 Å². The lowest BCUT2D eigenvalue weighted by Gasteiger charge is -2.39. The third-order valence-electron chi connectivity index (χ3n) is 5.82. The summed E-state index contributed by atoms with van der Waals surface area (Å²) in [6.07, 6.45) is 1.30. The Bertz CT molecular complexity index is 1150. The van der Waals surface area contributed by atoms with Gasteiger partial charge < -0.3 is 9.64 Å². The van der Waals surface area contributed by atoms with Crippen LogP contribution in [0.2, 0.25) is 10.0 Å². The summed E-state index contributed by atoms with van der Waals surface area (Å²) in [5.74, 6) is -0.142. The predicted octanol–water partition coefficient (Wildman–Crippen LogP) is 5.66. The second-order valence-corrected chi connectivity index (χ2v) is 12.0. The highest BCUT2D eigenvalue weighted by molar-refractivity contribution is 7.89. The van der Waals surface area contributed by atoms with E-state index in [0.717, 1.165) is 28.7 Å². The van der Waals surface area contributed by atoms with Crippen LogP contribution in [0.1, 0.15) is 67.8 Å². The first-order valence-electron chi connectivity index (χ1n) is 10.8. The van der Waals surface area contributed by atoms with E-state index in [1.54, 1.807) is 18.0 Å². The summed E-state index contributed by atoms with van der Waals surface area (Å²) in [4.78, 5) is 14.5. The number of carbonyl (C=O) groups excluding carboxylic acids is 1. The van der Waals surface area contributed by atoms with E-state index >= 15 is 0 Å². The highest BCUT2D eigenvalue weighted by atomic mass is 35.5. The Hall–Kier alpha value is -1.80. The van der Waals surface area contributed by atoms with Crippen molar-refractivity contribution in [2.24, 2.45) is 5.14 Å². The Morgan fingerprint density at radius 2 is 1.85 bits per heavy atom. The number of halogens is 2. The van der Waals surface area contributed by atoms with E-state index in [2.05, 4.69) is 0 Å². The summed E-state index contributed by atoms with van der Waals surface area (Å²) in [7, 11) is -1.92. The number of nitrogens with two attached hydrogens (primary N) is 1. The van der Waals surface area contributed by atoms with Gasteiger partial charge >= 0.3 is 6.09 Å². The minimum Gasteiger partial charge on any atom is -0.444 e. The summed E-state index contributed by atoms with van der Waals surface area (Å²) in [6, 6.07) is 11.2. The van der Waals surface area contributed by atoms with Gasteiger partial charge in [0.05, 0.1) is 21.8 Å². The van der Waals surface area contributed by atoms with E-state index in [-0.39, 0.29) is 24.1 Å². The van der Waals surface area contributed by atoms with Crippen molar-refractivity contribution < 1.29 is 17.9 Å². The number of hydrogen-bond acceptors (Lipinski definition) is 4. The average Bonchev–Trinajstić information content (AvgIpc) is 2.71. The molecule has 0 fully saturated rings. The monoisotopic (exact) mass is 512 g/mol. The van der Waals surface area contributed by atoms with Gasteiger partial charge in [0, 0.05) is 13.0 Å². The first kappa shape index (κ1) is 25.8. The van der Waals surface area contributed by atoms with E-state index < -0.39 is 21.7 Å². The summed E-state index contributed by atoms with van der Waals surface area (Å²) < 4.78 is 28.9. The second kappa shape index (κ2) is 9.82. The van der Waals surface area contributed by atoms with Crippen molar-refractivity contribution in [1.82, 2.24) is 4.90 Å². The van der Waals surface area contributed by atoms with Crippen molar-refractivity contribution in [3.63, 3.8) is 0 Å². The smallest absolute Gasteiger partial charge is 0.410 e. The third kappa shape index (κ3) is 6.41. The zero-order valence-corrected chi connectivity index (χ0v) is 21.6. The molecule has 1 amide bonds. The van der Waals surface area contributed by atoms with Crippen LogP contribution in [0, 0.1) is 0 Å². The summed E-state index contributed by atoms with van der Waals surface area (Å²) >= 11 is 12.4. The van der Waals surface area contributed by atoms with Crippen LogP contribution in [0.15, 0.2) is 36.4 Å². The van der Waals surface area contributed by atoms with Crippen LogP contribution in [0.4, 0.5) is 4.79 Å². The molecule has 2 atom stereocenters. The number of ether oxygens (including phenoxy) is 1. The van der Waals surface area contributed by atoms with Gasteiger partial charge in [-0.3, -0.25) is 0 Å². The zero-order valence-electron chi connectivity index (χ0n) is 19.3. The number of sulfonamides is 1. The van der Waals surface area contributed by atoms with Crippen molar-refractivity contribution >= 4 is 39.3 Å². The number of fused-ring (bicyclic) bond motifs is 1. The number of primary sulfonamides is 1. The Morgan fingerprint density at radius 1 is 1.15 bits per heavy atom. The number of aryl methyl sites for hydroxylation is 1. The second-order valence-electron chi connectivity index (χ2n) is 9.45. The van der Waals surface area contributed by atoms with Gasteiger partial charge in [-0.1, -0.05) is 47.5 Å². The van der Waals surface area contributed by atoms with Gasteiger partial charge in [-0.2, -0.15) is 0 Å².